The molecule has 1 aliphatic carbocycles. The highest BCUT2D eigenvalue weighted by Gasteiger charge is 2.38. The lowest BCUT2D eigenvalue weighted by Crippen LogP contribution is -2.50. The van der Waals surface area contributed by atoms with Gasteiger partial charge in [0.05, 0.1) is 24.9 Å². The molecule has 1 aromatic rings. The number of nitriles is 1. The van der Waals surface area contributed by atoms with E-state index in [1.54, 1.807) is 13.2 Å². The second-order valence-electron chi connectivity index (χ2n) is 6.41. The topological polar surface area (TPSA) is 45.5 Å². The molecule has 124 valence electrons. The number of nitrogens with zero attached hydrogens (tertiary/aromatic N) is 2. The summed E-state index contributed by atoms with van der Waals surface area (Å²) < 4.78 is 25.2. The van der Waals surface area contributed by atoms with Crippen LogP contribution >= 0.6 is 0 Å². The van der Waals surface area contributed by atoms with Crippen LogP contribution < -0.4 is 0 Å². The highest BCUT2D eigenvalue weighted by atomic mass is 19.1. The van der Waals surface area contributed by atoms with Gasteiger partial charge in [-0.3, -0.25) is 4.90 Å². The van der Waals surface area contributed by atoms with Gasteiger partial charge in [0.15, 0.2) is 0 Å². The van der Waals surface area contributed by atoms with Crippen LogP contribution in [0.2, 0.25) is 0 Å². The van der Waals surface area contributed by atoms with Gasteiger partial charge in [-0.05, 0) is 30.5 Å². The zero-order chi connectivity index (χ0) is 16.2. The molecular formula is C18H23FN2O2. The first kappa shape index (κ1) is 16.4. The molecule has 2 aliphatic rings. The van der Waals surface area contributed by atoms with Crippen molar-refractivity contribution >= 4 is 0 Å². The second-order valence-corrected chi connectivity index (χ2v) is 6.41. The third kappa shape index (κ3) is 3.55. The van der Waals surface area contributed by atoms with Crippen LogP contribution in [0.15, 0.2) is 18.2 Å². The molecule has 2 fully saturated rings. The third-order valence-corrected chi connectivity index (χ3v) is 5.12. The monoisotopic (exact) mass is 318 g/mol. The third-order valence-electron chi connectivity index (χ3n) is 5.12. The number of hydrogen-bond acceptors (Lipinski definition) is 4. The molecule has 5 heteroatoms. The van der Waals surface area contributed by atoms with Gasteiger partial charge in [0.1, 0.15) is 11.9 Å². The SMILES string of the molecule is CO[C@@H]1CCC[C@H]1[C@H]1COCCN1Cc1ccc(C#N)c(F)c1. The Hall–Kier alpha value is -1.48. The molecule has 4 nitrogen and oxygen atoms in total. The van der Waals surface area contributed by atoms with Gasteiger partial charge in [-0.15, -0.1) is 0 Å². The van der Waals surface area contributed by atoms with Crippen LogP contribution in [-0.2, 0) is 16.0 Å². The van der Waals surface area contributed by atoms with Gasteiger partial charge >= 0.3 is 0 Å². The number of hydrogen-bond donors (Lipinski definition) is 0. The van der Waals surface area contributed by atoms with Gasteiger partial charge < -0.3 is 9.47 Å². The Morgan fingerprint density at radius 2 is 2.30 bits per heavy atom. The summed E-state index contributed by atoms with van der Waals surface area (Å²) in [5.41, 5.74) is 1.00. The first-order valence-electron chi connectivity index (χ1n) is 8.26. The normalized spacial score (nSPS) is 28.7. The standard InChI is InChI=1S/C18H23FN2O2/c1-22-18-4-2-3-15(18)17-12-23-8-7-21(17)11-13-5-6-14(10-20)16(19)9-13/h5-6,9,15,17-18H,2-4,7-8,11-12H2,1H3/t15-,17+,18+/m0/s1. The first-order chi connectivity index (χ1) is 11.2. The van der Waals surface area contributed by atoms with Crippen molar-refractivity contribution < 1.29 is 13.9 Å². The van der Waals surface area contributed by atoms with Crippen molar-refractivity contribution in [2.75, 3.05) is 26.9 Å². The Morgan fingerprint density at radius 3 is 3.04 bits per heavy atom. The average Bonchev–Trinajstić information content (AvgIpc) is 3.04. The average molecular weight is 318 g/mol. The van der Waals surface area contributed by atoms with Crippen molar-refractivity contribution in [2.24, 2.45) is 5.92 Å². The summed E-state index contributed by atoms with van der Waals surface area (Å²) in [6.07, 6.45) is 3.75. The maximum atomic E-state index is 13.8. The Bertz CT molecular complexity index is 587. The van der Waals surface area contributed by atoms with Gasteiger partial charge in [0, 0.05) is 32.2 Å². The fourth-order valence-electron chi connectivity index (χ4n) is 3.92. The molecule has 0 amide bonds. The second kappa shape index (κ2) is 7.39. The van der Waals surface area contributed by atoms with E-state index in [2.05, 4.69) is 4.90 Å². The fourth-order valence-corrected chi connectivity index (χ4v) is 3.92. The van der Waals surface area contributed by atoms with E-state index < -0.39 is 5.82 Å². The van der Waals surface area contributed by atoms with E-state index in [1.807, 2.05) is 12.1 Å². The molecule has 0 unspecified atom stereocenters. The molecule has 1 heterocycles. The van der Waals surface area contributed by atoms with Crippen molar-refractivity contribution in [3.8, 4) is 6.07 Å². The highest BCUT2D eigenvalue weighted by molar-refractivity contribution is 5.33. The smallest absolute Gasteiger partial charge is 0.141 e. The summed E-state index contributed by atoms with van der Waals surface area (Å²) in [7, 11) is 1.78. The summed E-state index contributed by atoms with van der Waals surface area (Å²) in [5.74, 6) is 0.0361. The maximum Gasteiger partial charge on any atom is 0.141 e. The van der Waals surface area contributed by atoms with E-state index >= 15 is 0 Å². The van der Waals surface area contributed by atoms with Crippen molar-refractivity contribution in [1.82, 2.24) is 4.90 Å². The van der Waals surface area contributed by atoms with Crippen molar-refractivity contribution in [3.63, 3.8) is 0 Å². The van der Waals surface area contributed by atoms with Crippen molar-refractivity contribution in [2.45, 2.75) is 38.0 Å². The number of methoxy groups -OCH3 is 1. The molecule has 1 aliphatic heterocycles. The molecule has 23 heavy (non-hydrogen) atoms. The maximum absolute atomic E-state index is 13.8. The van der Waals surface area contributed by atoms with Crippen LogP contribution in [0.3, 0.4) is 0 Å². The molecule has 0 N–H and O–H groups in total. The van der Waals surface area contributed by atoms with Crippen LogP contribution in [0.25, 0.3) is 0 Å². The van der Waals surface area contributed by atoms with Gasteiger partial charge in [-0.1, -0.05) is 12.5 Å². The molecule has 3 atom stereocenters. The van der Waals surface area contributed by atoms with E-state index in [-0.39, 0.29) is 5.56 Å². The van der Waals surface area contributed by atoms with E-state index in [0.29, 0.717) is 37.8 Å². The van der Waals surface area contributed by atoms with E-state index in [9.17, 15) is 4.39 Å². The largest absolute Gasteiger partial charge is 0.381 e. The van der Waals surface area contributed by atoms with Gasteiger partial charge in [-0.25, -0.2) is 4.39 Å². The number of halogens is 1. The lowest BCUT2D eigenvalue weighted by atomic mass is 9.93. The zero-order valence-corrected chi connectivity index (χ0v) is 13.5. The summed E-state index contributed by atoms with van der Waals surface area (Å²) in [6.45, 7) is 2.95. The lowest BCUT2D eigenvalue weighted by Gasteiger charge is -2.40. The Kier molecular flexibility index (Phi) is 5.27. The molecule has 0 radical (unpaired) electrons. The van der Waals surface area contributed by atoms with Crippen LogP contribution in [-0.4, -0.2) is 43.9 Å². The minimum absolute atomic E-state index is 0.0996. The fraction of sp³-hybridized carbons (Fsp3) is 0.611. The summed E-state index contributed by atoms with van der Waals surface area (Å²) >= 11 is 0. The van der Waals surface area contributed by atoms with Gasteiger partial charge in [0.2, 0.25) is 0 Å². The Morgan fingerprint density at radius 1 is 1.43 bits per heavy atom. The summed E-state index contributed by atoms with van der Waals surface area (Å²) in [4.78, 5) is 2.38. The minimum Gasteiger partial charge on any atom is -0.381 e. The number of benzene rings is 1. The molecule has 0 bridgehead atoms. The number of ether oxygens (including phenoxy) is 2. The predicted octanol–water partition coefficient (Wildman–Crippen LogP) is 2.71. The molecule has 1 saturated carbocycles. The number of morpholine rings is 1. The molecule has 0 aromatic heterocycles. The minimum atomic E-state index is -0.439. The molecular weight excluding hydrogens is 295 g/mol. The quantitative estimate of drug-likeness (QED) is 0.856. The van der Waals surface area contributed by atoms with E-state index in [0.717, 1.165) is 24.9 Å². The Labute approximate surface area is 136 Å². The highest BCUT2D eigenvalue weighted by Crippen LogP contribution is 2.34. The molecule has 1 aromatic carbocycles. The van der Waals surface area contributed by atoms with E-state index in [1.165, 1.54) is 12.5 Å². The van der Waals surface area contributed by atoms with Crippen LogP contribution in [0.5, 0.6) is 0 Å². The van der Waals surface area contributed by atoms with Crippen LogP contribution in [0, 0.1) is 23.1 Å². The first-order valence-corrected chi connectivity index (χ1v) is 8.26. The molecule has 0 spiro atoms. The van der Waals surface area contributed by atoms with Crippen molar-refractivity contribution in [1.29, 1.82) is 5.26 Å². The summed E-state index contributed by atoms with van der Waals surface area (Å²) in [5, 5.41) is 8.84. The van der Waals surface area contributed by atoms with Crippen LogP contribution in [0.1, 0.15) is 30.4 Å². The van der Waals surface area contributed by atoms with Crippen LogP contribution in [0.4, 0.5) is 4.39 Å². The van der Waals surface area contributed by atoms with E-state index in [4.69, 9.17) is 14.7 Å². The lowest BCUT2D eigenvalue weighted by molar-refractivity contribution is -0.0608. The molecule has 1 saturated heterocycles. The summed E-state index contributed by atoms with van der Waals surface area (Å²) in [6, 6.07) is 7.07. The predicted molar refractivity (Wildman–Crippen MR) is 84.3 cm³/mol. The van der Waals surface area contributed by atoms with Gasteiger partial charge in [-0.2, -0.15) is 5.26 Å². The molecule has 3 rings (SSSR count). The number of rotatable bonds is 4. The van der Waals surface area contributed by atoms with Crippen molar-refractivity contribution in [3.05, 3.63) is 35.1 Å². The zero-order valence-electron chi connectivity index (χ0n) is 13.5. The Balaban J connectivity index is 1.74. The van der Waals surface area contributed by atoms with Gasteiger partial charge in [0.25, 0.3) is 0 Å².